The maximum Gasteiger partial charge on any atom is 0.281 e. The van der Waals surface area contributed by atoms with Crippen LogP contribution in [0.2, 0.25) is 0 Å². The Morgan fingerprint density at radius 3 is 2.42 bits per heavy atom. The van der Waals surface area contributed by atoms with Crippen molar-refractivity contribution in [3.05, 3.63) is 59.9 Å². The van der Waals surface area contributed by atoms with Crippen LogP contribution in [0.15, 0.2) is 53.6 Å². The van der Waals surface area contributed by atoms with E-state index in [1.807, 2.05) is 46.3 Å². The van der Waals surface area contributed by atoms with Gasteiger partial charge in [0.2, 0.25) is 5.88 Å². The monoisotopic (exact) mass is 544 g/mol. The largest absolute Gasteiger partial charge is 0.493 e. The molecule has 2 heterocycles. The Kier molecular flexibility index (Phi) is 8.61. The Morgan fingerprint density at radius 1 is 1.08 bits per heavy atom. The molecule has 1 aromatic carbocycles. The van der Waals surface area contributed by atoms with E-state index in [4.69, 9.17) is 15.2 Å². The number of anilines is 1. The third kappa shape index (κ3) is 7.41. The lowest BCUT2D eigenvalue weighted by molar-refractivity contribution is 0.0899. The SMILES string of the molecule is CC(C)COc1cc(F)cc(-c2ccc(C(=O)NS(=O)(=O)c3cccc(N)n3)c(OC(C)C(C)(C)C)n2)c1. The summed E-state index contributed by atoms with van der Waals surface area (Å²) < 4.78 is 53.6. The molecule has 9 nitrogen and oxygen atoms in total. The molecule has 1 amide bonds. The van der Waals surface area contributed by atoms with E-state index in [9.17, 15) is 17.6 Å². The molecule has 0 saturated carbocycles. The Balaban J connectivity index is 2.02. The van der Waals surface area contributed by atoms with Crippen molar-refractivity contribution in [3.63, 3.8) is 0 Å². The normalized spacial score (nSPS) is 12.7. The number of benzene rings is 1. The molecule has 1 unspecified atom stereocenters. The van der Waals surface area contributed by atoms with E-state index in [1.165, 1.54) is 42.5 Å². The van der Waals surface area contributed by atoms with Crippen molar-refractivity contribution < 1.29 is 27.1 Å². The van der Waals surface area contributed by atoms with Gasteiger partial charge in [-0.15, -0.1) is 0 Å². The lowest BCUT2D eigenvalue weighted by atomic mass is 9.90. The van der Waals surface area contributed by atoms with Crippen molar-refractivity contribution in [1.29, 1.82) is 0 Å². The van der Waals surface area contributed by atoms with Gasteiger partial charge in [-0.3, -0.25) is 4.79 Å². The van der Waals surface area contributed by atoms with Crippen molar-refractivity contribution >= 4 is 21.7 Å². The number of aromatic nitrogens is 2. The number of pyridine rings is 2. The van der Waals surface area contributed by atoms with E-state index in [1.54, 1.807) is 6.07 Å². The Labute approximate surface area is 222 Å². The summed E-state index contributed by atoms with van der Waals surface area (Å²) in [5, 5.41) is -0.408. The third-order valence-electron chi connectivity index (χ3n) is 5.61. The zero-order valence-corrected chi connectivity index (χ0v) is 23.1. The first kappa shape index (κ1) is 28.8. The van der Waals surface area contributed by atoms with Gasteiger partial charge in [0.05, 0.1) is 12.3 Å². The van der Waals surface area contributed by atoms with Crippen molar-refractivity contribution in [3.8, 4) is 22.9 Å². The molecule has 3 aromatic rings. The molecular weight excluding hydrogens is 511 g/mol. The highest BCUT2D eigenvalue weighted by Crippen LogP contribution is 2.31. The maximum atomic E-state index is 14.4. The van der Waals surface area contributed by atoms with E-state index >= 15 is 0 Å². The van der Waals surface area contributed by atoms with E-state index in [2.05, 4.69) is 9.97 Å². The minimum absolute atomic E-state index is 0.0128. The van der Waals surface area contributed by atoms with E-state index in [0.717, 1.165) is 0 Å². The van der Waals surface area contributed by atoms with Crippen LogP contribution in [-0.2, 0) is 10.0 Å². The summed E-state index contributed by atoms with van der Waals surface area (Å²) in [6, 6.07) is 11.1. The number of sulfonamides is 1. The Hall–Kier alpha value is -3.73. The van der Waals surface area contributed by atoms with Gasteiger partial charge in [0.1, 0.15) is 29.1 Å². The number of nitrogens with one attached hydrogen (secondary N) is 1. The minimum Gasteiger partial charge on any atom is -0.493 e. The number of nitrogens with zero attached hydrogens (tertiary/aromatic N) is 2. The molecule has 1 atom stereocenters. The standard InChI is InChI=1S/C27H33FN4O5S/c1-16(2)15-36-20-13-18(12-19(28)14-20)22-11-10-21(26(30-22)37-17(3)27(4,5)6)25(33)32-38(34,35)24-9-7-8-23(29)31-24/h7-14,16-17H,15H2,1-6H3,(H2,29,31)(H,32,33). The number of carbonyl (C=O) groups is 1. The van der Waals surface area contributed by atoms with Crippen LogP contribution in [0, 0.1) is 17.2 Å². The second-order valence-corrected chi connectivity index (χ2v) is 12.0. The molecule has 0 aliphatic carbocycles. The molecule has 0 bridgehead atoms. The zero-order valence-electron chi connectivity index (χ0n) is 22.3. The van der Waals surface area contributed by atoms with Crippen molar-refractivity contribution in [2.45, 2.75) is 52.7 Å². The number of rotatable bonds is 9. The summed E-state index contributed by atoms with van der Waals surface area (Å²) in [6.07, 6.45) is -0.415. The molecule has 0 saturated heterocycles. The number of hydrogen-bond donors (Lipinski definition) is 2. The summed E-state index contributed by atoms with van der Waals surface area (Å²) in [5.41, 5.74) is 5.85. The molecular formula is C27H33FN4O5S. The first-order valence-corrected chi connectivity index (χ1v) is 13.5. The van der Waals surface area contributed by atoms with Gasteiger partial charge >= 0.3 is 0 Å². The number of ether oxygens (including phenoxy) is 2. The molecule has 38 heavy (non-hydrogen) atoms. The highest BCUT2D eigenvalue weighted by Gasteiger charge is 2.28. The third-order valence-corrected chi connectivity index (χ3v) is 6.84. The first-order chi connectivity index (χ1) is 17.7. The quantitative estimate of drug-likeness (QED) is 0.391. The predicted octanol–water partition coefficient (Wildman–Crippen LogP) is 4.83. The molecule has 11 heteroatoms. The molecule has 2 aromatic heterocycles. The molecule has 0 fully saturated rings. The van der Waals surface area contributed by atoms with E-state index in [-0.39, 0.29) is 28.6 Å². The van der Waals surface area contributed by atoms with Crippen LogP contribution in [0.3, 0.4) is 0 Å². The van der Waals surface area contributed by atoms with Crippen LogP contribution in [0.25, 0.3) is 11.3 Å². The van der Waals surface area contributed by atoms with Gasteiger partial charge in [0.15, 0.2) is 5.03 Å². The fourth-order valence-electron chi connectivity index (χ4n) is 3.07. The Morgan fingerprint density at radius 2 is 1.79 bits per heavy atom. The Bertz CT molecular complexity index is 1420. The highest BCUT2D eigenvalue weighted by molar-refractivity contribution is 7.90. The lowest BCUT2D eigenvalue weighted by Crippen LogP contribution is -2.33. The van der Waals surface area contributed by atoms with Crippen LogP contribution >= 0.6 is 0 Å². The molecule has 0 aliphatic heterocycles. The summed E-state index contributed by atoms with van der Waals surface area (Å²) in [7, 11) is -4.33. The van der Waals surface area contributed by atoms with Gasteiger partial charge in [0.25, 0.3) is 15.9 Å². The van der Waals surface area contributed by atoms with Crippen LogP contribution in [0.1, 0.15) is 51.9 Å². The van der Waals surface area contributed by atoms with E-state index in [0.29, 0.717) is 23.6 Å². The first-order valence-electron chi connectivity index (χ1n) is 12.1. The molecule has 3 N–H and O–H groups in total. The van der Waals surface area contributed by atoms with Gasteiger partial charge in [-0.2, -0.15) is 8.42 Å². The van der Waals surface area contributed by atoms with Crippen LogP contribution in [-0.4, -0.2) is 37.0 Å². The van der Waals surface area contributed by atoms with Crippen LogP contribution in [0.5, 0.6) is 11.6 Å². The van der Waals surface area contributed by atoms with Crippen molar-refractivity contribution in [2.75, 3.05) is 12.3 Å². The predicted molar refractivity (Wildman–Crippen MR) is 143 cm³/mol. The second-order valence-electron chi connectivity index (χ2n) is 10.4. The smallest absolute Gasteiger partial charge is 0.281 e. The average molecular weight is 545 g/mol. The summed E-state index contributed by atoms with van der Waals surface area (Å²) in [6.45, 7) is 12.0. The summed E-state index contributed by atoms with van der Waals surface area (Å²) in [5.74, 6) is -1.02. The second kappa shape index (κ2) is 11.3. The van der Waals surface area contributed by atoms with Crippen LogP contribution in [0.4, 0.5) is 10.2 Å². The topological polar surface area (TPSA) is 134 Å². The zero-order chi connectivity index (χ0) is 28.3. The minimum atomic E-state index is -4.33. The van der Waals surface area contributed by atoms with E-state index < -0.39 is 32.9 Å². The van der Waals surface area contributed by atoms with Crippen molar-refractivity contribution in [2.24, 2.45) is 11.3 Å². The number of halogens is 1. The number of nitrogen functional groups attached to an aromatic ring is 1. The number of hydrogen-bond acceptors (Lipinski definition) is 8. The summed E-state index contributed by atoms with van der Waals surface area (Å²) >= 11 is 0. The maximum absolute atomic E-state index is 14.4. The number of amides is 1. The molecule has 0 spiro atoms. The number of nitrogens with two attached hydrogens (primary N) is 1. The van der Waals surface area contributed by atoms with Crippen molar-refractivity contribution in [1.82, 2.24) is 14.7 Å². The lowest BCUT2D eigenvalue weighted by Gasteiger charge is -2.28. The highest BCUT2D eigenvalue weighted by atomic mass is 32.2. The molecule has 0 aliphatic rings. The number of carbonyl (C=O) groups excluding carboxylic acids is 1. The summed E-state index contributed by atoms with van der Waals surface area (Å²) in [4.78, 5) is 21.4. The fourth-order valence-corrected chi connectivity index (χ4v) is 4.02. The molecule has 204 valence electrons. The van der Waals surface area contributed by atoms with Gasteiger partial charge in [-0.25, -0.2) is 19.1 Å². The average Bonchev–Trinajstić information content (AvgIpc) is 2.81. The van der Waals surface area contributed by atoms with Gasteiger partial charge in [-0.05, 0) is 54.7 Å². The van der Waals surface area contributed by atoms with Gasteiger partial charge in [0, 0.05) is 11.6 Å². The van der Waals surface area contributed by atoms with Crippen LogP contribution < -0.4 is 19.9 Å². The molecule has 3 rings (SSSR count). The van der Waals surface area contributed by atoms with Gasteiger partial charge < -0.3 is 15.2 Å². The fraction of sp³-hybridized carbons (Fsp3) is 0.370. The van der Waals surface area contributed by atoms with Gasteiger partial charge in [-0.1, -0.05) is 40.7 Å². The molecule has 0 radical (unpaired) electrons.